The fraction of sp³-hybridized carbons (Fsp3) is 0.167. The Morgan fingerprint density at radius 3 is 3.05 bits per heavy atom. The molecule has 0 atom stereocenters. The second-order valence-corrected chi connectivity index (χ2v) is 3.78. The van der Waals surface area contributed by atoms with Gasteiger partial charge in [0.05, 0.1) is 6.61 Å². The van der Waals surface area contributed by atoms with Crippen LogP contribution in [0.1, 0.15) is 16.1 Å². The van der Waals surface area contributed by atoms with Crippen molar-refractivity contribution in [1.82, 2.24) is 15.2 Å². The molecular weight excluding hydrogens is 246 g/mol. The first kappa shape index (κ1) is 12.9. The molecule has 2 aromatic rings. The minimum atomic E-state index is -0.684. The van der Waals surface area contributed by atoms with Gasteiger partial charge >= 0.3 is 0 Å². The number of amides is 1. The number of ether oxygens (including phenoxy) is 1. The maximum absolute atomic E-state index is 11.2. The van der Waals surface area contributed by atoms with Gasteiger partial charge in [-0.1, -0.05) is 12.1 Å². The molecule has 1 amide bonds. The highest BCUT2D eigenvalue weighted by molar-refractivity contribution is 5.95. The van der Waals surface area contributed by atoms with Gasteiger partial charge in [0.1, 0.15) is 6.33 Å². The number of hydrogen-bond acceptors (Lipinski definition) is 6. The highest BCUT2D eigenvalue weighted by Gasteiger charge is 2.11. The van der Waals surface area contributed by atoms with Crippen LogP contribution in [0.4, 0.5) is 11.5 Å². The number of methoxy groups -OCH3 is 1. The summed E-state index contributed by atoms with van der Waals surface area (Å²) in [7, 11) is 1.62. The Labute approximate surface area is 109 Å². The van der Waals surface area contributed by atoms with Crippen LogP contribution in [0.25, 0.3) is 0 Å². The van der Waals surface area contributed by atoms with Crippen LogP contribution >= 0.6 is 0 Å². The minimum Gasteiger partial charge on any atom is -0.380 e. The van der Waals surface area contributed by atoms with Gasteiger partial charge in [0, 0.05) is 12.8 Å². The fourth-order valence-corrected chi connectivity index (χ4v) is 1.58. The summed E-state index contributed by atoms with van der Waals surface area (Å²) in [5, 5.41) is 10.2. The lowest BCUT2D eigenvalue weighted by Gasteiger charge is -2.08. The standard InChI is InChI=1S/C12H13N5O2/c1-19-6-8-3-2-4-9(5-8)16-12-10(11(13)18)17-15-7-14-12/h2-5,7H,6H2,1H3,(H2,13,18)(H,14,15,16). The van der Waals surface area contributed by atoms with Crippen molar-refractivity contribution in [2.75, 3.05) is 12.4 Å². The van der Waals surface area contributed by atoms with Crippen molar-refractivity contribution >= 4 is 17.4 Å². The fourth-order valence-electron chi connectivity index (χ4n) is 1.58. The van der Waals surface area contributed by atoms with Crippen molar-refractivity contribution < 1.29 is 9.53 Å². The molecular formula is C12H13N5O2. The van der Waals surface area contributed by atoms with Crippen molar-refractivity contribution in [2.24, 2.45) is 5.73 Å². The molecule has 0 saturated carbocycles. The number of nitrogens with two attached hydrogens (primary N) is 1. The summed E-state index contributed by atoms with van der Waals surface area (Å²) in [6, 6.07) is 7.53. The minimum absolute atomic E-state index is 0.000329. The summed E-state index contributed by atoms with van der Waals surface area (Å²) in [6.07, 6.45) is 1.24. The quantitative estimate of drug-likeness (QED) is 0.825. The number of rotatable bonds is 5. The number of carbonyl (C=O) groups is 1. The van der Waals surface area contributed by atoms with Crippen molar-refractivity contribution in [3.63, 3.8) is 0 Å². The Kier molecular flexibility index (Phi) is 3.99. The van der Waals surface area contributed by atoms with Crippen molar-refractivity contribution in [2.45, 2.75) is 6.61 Å². The first-order valence-corrected chi connectivity index (χ1v) is 5.53. The average molecular weight is 259 g/mol. The zero-order valence-electron chi connectivity index (χ0n) is 10.3. The Morgan fingerprint density at radius 1 is 1.47 bits per heavy atom. The average Bonchev–Trinajstić information content (AvgIpc) is 2.40. The third kappa shape index (κ3) is 3.23. The lowest BCUT2D eigenvalue weighted by Crippen LogP contribution is -2.17. The van der Waals surface area contributed by atoms with Gasteiger partial charge in [-0.25, -0.2) is 4.98 Å². The Balaban J connectivity index is 2.26. The van der Waals surface area contributed by atoms with Gasteiger partial charge < -0.3 is 15.8 Å². The molecule has 0 aliphatic heterocycles. The number of anilines is 2. The van der Waals surface area contributed by atoms with Gasteiger partial charge in [-0.15, -0.1) is 10.2 Å². The second-order valence-electron chi connectivity index (χ2n) is 3.78. The second kappa shape index (κ2) is 5.87. The lowest BCUT2D eigenvalue weighted by atomic mass is 10.2. The SMILES string of the molecule is COCc1cccc(Nc2ncnnc2C(N)=O)c1. The number of primary amides is 1. The highest BCUT2D eigenvalue weighted by Crippen LogP contribution is 2.17. The number of benzene rings is 1. The molecule has 0 unspecified atom stereocenters. The summed E-state index contributed by atoms with van der Waals surface area (Å²) < 4.78 is 5.06. The van der Waals surface area contributed by atoms with Gasteiger partial charge in [-0.3, -0.25) is 4.79 Å². The monoisotopic (exact) mass is 259 g/mol. The third-order valence-electron chi connectivity index (χ3n) is 2.35. The normalized spacial score (nSPS) is 10.2. The largest absolute Gasteiger partial charge is 0.380 e. The summed E-state index contributed by atoms with van der Waals surface area (Å²) in [5.41, 5.74) is 6.96. The number of nitrogens with one attached hydrogen (secondary N) is 1. The first-order chi connectivity index (χ1) is 9.20. The molecule has 0 saturated heterocycles. The molecule has 19 heavy (non-hydrogen) atoms. The molecule has 1 heterocycles. The molecule has 7 nitrogen and oxygen atoms in total. The molecule has 0 fully saturated rings. The van der Waals surface area contributed by atoms with Crippen LogP contribution in [0.5, 0.6) is 0 Å². The molecule has 0 spiro atoms. The Morgan fingerprint density at radius 2 is 2.32 bits per heavy atom. The maximum Gasteiger partial charge on any atom is 0.273 e. The maximum atomic E-state index is 11.2. The van der Waals surface area contributed by atoms with Gasteiger partial charge in [0.25, 0.3) is 5.91 Å². The third-order valence-corrected chi connectivity index (χ3v) is 2.35. The molecule has 1 aromatic carbocycles. The summed E-state index contributed by atoms with van der Waals surface area (Å²) in [4.78, 5) is 15.2. The van der Waals surface area contributed by atoms with E-state index in [1.807, 2.05) is 24.3 Å². The topological polar surface area (TPSA) is 103 Å². The molecule has 0 aliphatic carbocycles. The zero-order valence-corrected chi connectivity index (χ0v) is 10.3. The van der Waals surface area contributed by atoms with Crippen LogP contribution in [0.2, 0.25) is 0 Å². The molecule has 0 bridgehead atoms. The van der Waals surface area contributed by atoms with Crippen molar-refractivity contribution in [1.29, 1.82) is 0 Å². The molecule has 1 aromatic heterocycles. The van der Waals surface area contributed by atoms with E-state index in [4.69, 9.17) is 10.5 Å². The van der Waals surface area contributed by atoms with E-state index in [0.29, 0.717) is 6.61 Å². The van der Waals surface area contributed by atoms with Crippen LogP contribution in [0.15, 0.2) is 30.6 Å². The van der Waals surface area contributed by atoms with Gasteiger partial charge in [0.15, 0.2) is 11.5 Å². The van der Waals surface area contributed by atoms with E-state index in [2.05, 4.69) is 20.5 Å². The van der Waals surface area contributed by atoms with E-state index in [0.717, 1.165) is 11.3 Å². The highest BCUT2D eigenvalue weighted by atomic mass is 16.5. The van der Waals surface area contributed by atoms with Crippen LogP contribution in [0, 0.1) is 0 Å². The van der Waals surface area contributed by atoms with Crippen LogP contribution < -0.4 is 11.1 Å². The summed E-state index contributed by atoms with van der Waals surface area (Å²) >= 11 is 0. The van der Waals surface area contributed by atoms with Gasteiger partial charge in [-0.2, -0.15) is 0 Å². The molecule has 2 rings (SSSR count). The zero-order chi connectivity index (χ0) is 13.7. The Bertz CT molecular complexity index is 588. The van der Waals surface area contributed by atoms with Crippen LogP contribution in [-0.4, -0.2) is 28.2 Å². The van der Waals surface area contributed by atoms with Gasteiger partial charge in [-0.05, 0) is 17.7 Å². The van der Waals surface area contributed by atoms with E-state index >= 15 is 0 Å². The predicted octanol–water partition coefficient (Wildman–Crippen LogP) is 0.860. The van der Waals surface area contributed by atoms with Crippen molar-refractivity contribution in [3.05, 3.63) is 41.9 Å². The van der Waals surface area contributed by atoms with E-state index < -0.39 is 5.91 Å². The molecule has 98 valence electrons. The number of hydrogen-bond donors (Lipinski definition) is 2. The van der Waals surface area contributed by atoms with Crippen LogP contribution in [0.3, 0.4) is 0 Å². The molecule has 0 aliphatic rings. The Hall–Kier alpha value is -2.54. The molecule has 3 N–H and O–H groups in total. The van der Waals surface area contributed by atoms with E-state index in [1.54, 1.807) is 7.11 Å². The first-order valence-electron chi connectivity index (χ1n) is 5.53. The van der Waals surface area contributed by atoms with E-state index in [1.165, 1.54) is 6.33 Å². The molecule has 0 radical (unpaired) electrons. The van der Waals surface area contributed by atoms with E-state index in [9.17, 15) is 4.79 Å². The van der Waals surface area contributed by atoms with Gasteiger partial charge in [0.2, 0.25) is 0 Å². The molecule has 7 heteroatoms. The van der Waals surface area contributed by atoms with E-state index in [-0.39, 0.29) is 11.5 Å². The summed E-state index contributed by atoms with van der Waals surface area (Å²) in [5.74, 6) is -0.409. The number of nitrogens with zero attached hydrogens (tertiary/aromatic N) is 3. The summed E-state index contributed by atoms with van der Waals surface area (Å²) in [6.45, 7) is 0.500. The van der Waals surface area contributed by atoms with Crippen LogP contribution in [-0.2, 0) is 11.3 Å². The smallest absolute Gasteiger partial charge is 0.273 e. The lowest BCUT2D eigenvalue weighted by molar-refractivity contribution is 0.0995. The number of aromatic nitrogens is 3. The predicted molar refractivity (Wildman–Crippen MR) is 68.8 cm³/mol. The van der Waals surface area contributed by atoms with Crippen molar-refractivity contribution in [3.8, 4) is 0 Å². The number of carbonyl (C=O) groups excluding carboxylic acids is 1.